The molecular weight excluding hydrogens is 166 g/mol. The molecule has 0 N–H and O–H groups in total. The Labute approximate surface area is 77.3 Å². The highest BCUT2D eigenvalue weighted by atomic mass is 16.4. The van der Waals surface area contributed by atoms with Gasteiger partial charge in [0.05, 0.1) is 0 Å². The van der Waals surface area contributed by atoms with Gasteiger partial charge in [-0.15, -0.1) is 0 Å². The number of rotatable bonds is 4. The van der Waals surface area contributed by atoms with Gasteiger partial charge < -0.3 is 9.32 Å². The summed E-state index contributed by atoms with van der Waals surface area (Å²) in [6, 6.07) is 4.22. The fraction of sp³-hybridized carbons (Fsp3) is 0.500. The maximum atomic E-state index is 10.4. The van der Waals surface area contributed by atoms with Crippen molar-refractivity contribution in [3.8, 4) is 0 Å². The number of hydrogen-bond acceptors (Lipinski definition) is 3. The van der Waals surface area contributed by atoms with E-state index >= 15 is 0 Å². The molecule has 2 rings (SSSR count). The summed E-state index contributed by atoms with van der Waals surface area (Å²) in [5.74, 6) is 1.24. The molecule has 1 aliphatic carbocycles. The van der Waals surface area contributed by atoms with Crippen molar-refractivity contribution in [2.75, 3.05) is 11.4 Å². The summed E-state index contributed by atoms with van der Waals surface area (Å²) in [5.41, 5.74) is 0. The van der Waals surface area contributed by atoms with Gasteiger partial charge in [0.1, 0.15) is 0 Å². The zero-order chi connectivity index (χ0) is 9.26. The largest absolute Gasteiger partial charge is 0.438 e. The third kappa shape index (κ3) is 1.59. The molecule has 1 aromatic rings. The molecule has 1 aromatic heterocycles. The van der Waals surface area contributed by atoms with Crippen LogP contribution in [0.3, 0.4) is 0 Å². The van der Waals surface area contributed by atoms with Gasteiger partial charge in [-0.3, -0.25) is 4.79 Å². The third-order valence-electron chi connectivity index (χ3n) is 2.34. The SMILES string of the molecule is CCN(c1ccc(C=O)o1)C1CC1. The molecule has 0 spiro atoms. The predicted octanol–water partition coefficient (Wildman–Crippen LogP) is 2.08. The van der Waals surface area contributed by atoms with Gasteiger partial charge in [0.25, 0.3) is 0 Å². The van der Waals surface area contributed by atoms with Crippen LogP contribution < -0.4 is 4.90 Å². The first-order chi connectivity index (χ1) is 6.35. The highest BCUT2D eigenvalue weighted by molar-refractivity contribution is 5.71. The van der Waals surface area contributed by atoms with Gasteiger partial charge in [-0.1, -0.05) is 0 Å². The number of carbonyl (C=O) groups excluding carboxylic acids is 1. The molecule has 1 fully saturated rings. The van der Waals surface area contributed by atoms with Gasteiger partial charge >= 0.3 is 0 Å². The van der Waals surface area contributed by atoms with E-state index in [1.165, 1.54) is 12.8 Å². The van der Waals surface area contributed by atoms with Crippen LogP contribution in [0.25, 0.3) is 0 Å². The molecule has 13 heavy (non-hydrogen) atoms. The zero-order valence-electron chi connectivity index (χ0n) is 7.69. The molecule has 0 saturated heterocycles. The second-order valence-electron chi connectivity index (χ2n) is 3.31. The Balaban J connectivity index is 2.16. The molecule has 1 heterocycles. The van der Waals surface area contributed by atoms with Crippen molar-refractivity contribution in [1.82, 2.24) is 0 Å². The van der Waals surface area contributed by atoms with Crippen molar-refractivity contribution in [3.05, 3.63) is 17.9 Å². The van der Waals surface area contributed by atoms with Crippen LogP contribution >= 0.6 is 0 Å². The van der Waals surface area contributed by atoms with Crippen LogP contribution in [0, 0.1) is 0 Å². The number of hydrogen-bond donors (Lipinski definition) is 0. The number of furan rings is 1. The first kappa shape index (κ1) is 8.35. The Morgan fingerprint density at radius 1 is 1.62 bits per heavy atom. The fourth-order valence-electron chi connectivity index (χ4n) is 1.54. The fourth-order valence-corrected chi connectivity index (χ4v) is 1.54. The molecule has 0 amide bonds. The van der Waals surface area contributed by atoms with Crippen LogP contribution in [-0.4, -0.2) is 18.9 Å². The first-order valence-electron chi connectivity index (χ1n) is 4.66. The maximum absolute atomic E-state index is 10.4. The van der Waals surface area contributed by atoms with E-state index in [0.29, 0.717) is 11.8 Å². The minimum atomic E-state index is 0.411. The smallest absolute Gasteiger partial charge is 0.196 e. The monoisotopic (exact) mass is 179 g/mol. The van der Waals surface area contributed by atoms with Crippen LogP contribution in [0.5, 0.6) is 0 Å². The summed E-state index contributed by atoms with van der Waals surface area (Å²) in [7, 11) is 0. The van der Waals surface area contributed by atoms with Crippen molar-refractivity contribution in [2.45, 2.75) is 25.8 Å². The molecule has 3 heteroatoms. The average Bonchev–Trinajstić information content (AvgIpc) is 2.85. The summed E-state index contributed by atoms with van der Waals surface area (Å²) >= 11 is 0. The van der Waals surface area contributed by atoms with Crippen LogP contribution in [0.4, 0.5) is 5.88 Å². The number of anilines is 1. The molecule has 0 unspecified atom stereocenters. The minimum absolute atomic E-state index is 0.411. The molecule has 0 bridgehead atoms. The molecule has 70 valence electrons. The summed E-state index contributed by atoms with van der Waals surface area (Å²) < 4.78 is 5.35. The number of nitrogens with zero attached hydrogens (tertiary/aromatic N) is 1. The first-order valence-corrected chi connectivity index (χ1v) is 4.66. The quantitative estimate of drug-likeness (QED) is 0.663. The van der Waals surface area contributed by atoms with Gasteiger partial charge in [0.2, 0.25) is 0 Å². The van der Waals surface area contributed by atoms with E-state index in [4.69, 9.17) is 4.42 Å². The molecule has 0 aliphatic heterocycles. The molecule has 1 saturated carbocycles. The van der Waals surface area contributed by atoms with Gasteiger partial charge in [-0.05, 0) is 25.8 Å². The van der Waals surface area contributed by atoms with E-state index in [0.717, 1.165) is 18.7 Å². The van der Waals surface area contributed by atoms with E-state index in [1.54, 1.807) is 6.07 Å². The van der Waals surface area contributed by atoms with Gasteiger partial charge in [0.15, 0.2) is 17.9 Å². The Morgan fingerprint density at radius 2 is 2.38 bits per heavy atom. The van der Waals surface area contributed by atoms with E-state index in [1.807, 2.05) is 6.07 Å². The summed E-state index contributed by atoms with van der Waals surface area (Å²) in [6.45, 7) is 3.04. The lowest BCUT2D eigenvalue weighted by Crippen LogP contribution is -2.24. The lowest BCUT2D eigenvalue weighted by Gasteiger charge is -2.18. The summed E-state index contributed by atoms with van der Waals surface area (Å²) in [6.07, 6.45) is 3.22. The number of carbonyl (C=O) groups is 1. The Hall–Kier alpha value is -1.25. The van der Waals surface area contributed by atoms with Crippen LogP contribution in [0.2, 0.25) is 0 Å². The third-order valence-corrected chi connectivity index (χ3v) is 2.34. The molecule has 3 nitrogen and oxygen atoms in total. The van der Waals surface area contributed by atoms with Gasteiger partial charge in [-0.2, -0.15) is 0 Å². The Bertz CT molecular complexity index is 302. The lowest BCUT2D eigenvalue weighted by molar-refractivity contribution is 0.110. The van der Waals surface area contributed by atoms with E-state index in [2.05, 4.69) is 11.8 Å². The zero-order valence-corrected chi connectivity index (χ0v) is 7.69. The maximum Gasteiger partial charge on any atom is 0.196 e. The van der Waals surface area contributed by atoms with Crippen molar-refractivity contribution < 1.29 is 9.21 Å². The summed E-state index contributed by atoms with van der Waals surface area (Å²) in [5, 5.41) is 0. The number of aldehydes is 1. The van der Waals surface area contributed by atoms with Crippen molar-refractivity contribution in [2.24, 2.45) is 0 Å². The predicted molar refractivity (Wildman–Crippen MR) is 50.1 cm³/mol. The minimum Gasteiger partial charge on any atom is -0.438 e. The van der Waals surface area contributed by atoms with E-state index in [-0.39, 0.29) is 0 Å². The standard InChI is InChI=1S/C10H13NO2/c1-2-11(8-3-4-8)10-6-5-9(7-12)13-10/h5-8H,2-4H2,1H3. The second kappa shape index (κ2) is 3.24. The van der Waals surface area contributed by atoms with Crippen LogP contribution in [0.1, 0.15) is 30.3 Å². The topological polar surface area (TPSA) is 33.5 Å². The summed E-state index contributed by atoms with van der Waals surface area (Å²) in [4.78, 5) is 12.6. The van der Waals surface area contributed by atoms with Gasteiger partial charge in [0, 0.05) is 18.7 Å². The van der Waals surface area contributed by atoms with Crippen molar-refractivity contribution in [3.63, 3.8) is 0 Å². The average molecular weight is 179 g/mol. The molecular formula is C10H13NO2. The second-order valence-corrected chi connectivity index (χ2v) is 3.31. The molecule has 0 atom stereocenters. The highest BCUT2D eigenvalue weighted by Gasteiger charge is 2.29. The normalized spacial score (nSPS) is 15.8. The van der Waals surface area contributed by atoms with Gasteiger partial charge in [-0.25, -0.2) is 0 Å². The van der Waals surface area contributed by atoms with Crippen molar-refractivity contribution in [1.29, 1.82) is 0 Å². The van der Waals surface area contributed by atoms with Crippen LogP contribution in [0.15, 0.2) is 16.5 Å². The van der Waals surface area contributed by atoms with Crippen molar-refractivity contribution >= 4 is 12.2 Å². The van der Waals surface area contributed by atoms with E-state index < -0.39 is 0 Å². The molecule has 1 aliphatic rings. The molecule has 0 aromatic carbocycles. The molecule has 0 radical (unpaired) electrons. The Morgan fingerprint density at radius 3 is 2.85 bits per heavy atom. The van der Waals surface area contributed by atoms with Crippen LogP contribution in [-0.2, 0) is 0 Å². The van der Waals surface area contributed by atoms with E-state index in [9.17, 15) is 4.79 Å². The lowest BCUT2D eigenvalue weighted by atomic mass is 10.4. The Kier molecular flexibility index (Phi) is 2.08. The highest BCUT2D eigenvalue weighted by Crippen LogP contribution is 2.31.